The van der Waals surface area contributed by atoms with Gasteiger partial charge in [-0.15, -0.1) is 0 Å². The summed E-state index contributed by atoms with van der Waals surface area (Å²) in [5.74, 6) is -1.54. The van der Waals surface area contributed by atoms with Crippen LogP contribution in [0.3, 0.4) is 0 Å². The minimum Gasteiger partial charge on any atom is -0.507 e. The van der Waals surface area contributed by atoms with Gasteiger partial charge in [-0.05, 0) is 44.5 Å². The van der Waals surface area contributed by atoms with Crippen molar-refractivity contribution in [1.29, 1.82) is 5.26 Å². The van der Waals surface area contributed by atoms with Gasteiger partial charge in [0.25, 0.3) is 0 Å². The Morgan fingerprint density at radius 2 is 1.76 bits per heavy atom. The number of nitrogens with zero attached hydrogens (tertiary/aromatic N) is 1. The van der Waals surface area contributed by atoms with Gasteiger partial charge < -0.3 is 24.6 Å². The predicted octanol–water partition coefficient (Wildman–Crippen LogP) is 3.77. The predicted molar refractivity (Wildman–Crippen MR) is 124 cm³/mol. The molecule has 2 aromatic rings. The fourth-order valence-corrected chi connectivity index (χ4v) is 3.19. The van der Waals surface area contributed by atoms with Crippen LogP contribution in [0.1, 0.15) is 55.1 Å². The quantitative estimate of drug-likeness (QED) is 0.220. The summed E-state index contributed by atoms with van der Waals surface area (Å²) in [6, 6.07) is 9.83. The summed E-state index contributed by atoms with van der Waals surface area (Å²) in [6.45, 7) is 5.49. The summed E-state index contributed by atoms with van der Waals surface area (Å²) in [5.41, 5.74) is 1.07. The Morgan fingerprint density at radius 3 is 2.38 bits per heavy atom. The van der Waals surface area contributed by atoms with Gasteiger partial charge in [0.15, 0.2) is 5.78 Å². The third-order valence-electron chi connectivity index (χ3n) is 4.77. The number of phenolic OH excluding ortho intramolecular Hbond substituents is 1. The van der Waals surface area contributed by atoms with Gasteiger partial charge in [0.05, 0.1) is 31.1 Å². The first-order valence-corrected chi connectivity index (χ1v) is 11.0. The molecule has 180 valence electrons. The fourth-order valence-electron chi connectivity index (χ4n) is 3.19. The lowest BCUT2D eigenvalue weighted by Gasteiger charge is -2.15. The number of benzene rings is 2. The Bertz CT molecular complexity index is 1090. The number of anilines is 1. The number of ether oxygens (including phenoxy) is 3. The first-order valence-electron chi connectivity index (χ1n) is 11.0. The van der Waals surface area contributed by atoms with Crippen LogP contribution in [0.2, 0.25) is 0 Å². The third-order valence-corrected chi connectivity index (χ3v) is 4.77. The Labute approximate surface area is 198 Å². The summed E-state index contributed by atoms with van der Waals surface area (Å²) in [6.07, 6.45) is 1.80. The summed E-state index contributed by atoms with van der Waals surface area (Å²) >= 11 is 0. The number of ketones is 1. The second kappa shape index (κ2) is 12.8. The summed E-state index contributed by atoms with van der Waals surface area (Å²) in [5, 5.41) is 22.3. The molecule has 0 heterocycles. The zero-order chi connectivity index (χ0) is 25.1. The van der Waals surface area contributed by atoms with Gasteiger partial charge in [-0.1, -0.05) is 19.4 Å². The normalized spacial score (nSPS) is 10.2. The molecule has 2 aromatic carbocycles. The van der Waals surface area contributed by atoms with Crippen LogP contribution in [0.25, 0.3) is 0 Å². The molecule has 0 aliphatic carbocycles. The SMILES string of the molecule is CCCc1c(OCCCOc2cccc(NC(=O)C(=O)OCC)c2C#N)ccc(C(C)=O)c1O. The number of carbonyl (C=O) groups is 3. The number of hydrogen-bond donors (Lipinski definition) is 2. The van der Waals surface area contributed by atoms with Crippen LogP contribution < -0.4 is 14.8 Å². The van der Waals surface area contributed by atoms with Crippen LogP contribution in [0.4, 0.5) is 5.69 Å². The number of phenols is 1. The number of nitrogens with one attached hydrogen (secondary N) is 1. The van der Waals surface area contributed by atoms with Gasteiger partial charge in [0, 0.05) is 12.0 Å². The Morgan fingerprint density at radius 1 is 1.06 bits per heavy atom. The average Bonchev–Trinajstić information content (AvgIpc) is 2.81. The van der Waals surface area contributed by atoms with Gasteiger partial charge in [-0.2, -0.15) is 5.26 Å². The molecule has 0 aromatic heterocycles. The number of carbonyl (C=O) groups excluding carboxylic acids is 3. The smallest absolute Gasteiger partial charge is 0.397 e. The lowest BCUT2D eigenvalue weighted by Crippen LogP contribution is -2.25. The molecule has 0 saturated heterocycles. The maximum atomic E-state index is 11.9. The van der Waals surface area contributed by atoms with Crippen LogP contribution in [0.15, 0.2) is 30.3 Å². The van der Waals surface area contributed by atoms with Crippen molar-refractivity contribution in [3.63, 3.8) is 0 Å². The largest absolute Gasteiger partial charge is 0.507 e. The van der Waals surface area contributed by atoms with Crippen LogP contribution in [-0.4, -0.2) is 42.6 Å². The first-order chi connectivity index (χ1) is 16.3. The van der Waals surface area contributed by atoms with Crippen LogP contribution in [-0.2, 0) is 20.7 Å². The minimum absolute atomic E-state index is 0.0524. The molecule has 2 N–H and O–H groups in total. The number of amides is 1. The molecule has 0 radical (unpaired) electrons. The molecule has 0 fully saturated rings. The average molecular weight is 469 g/mol. The van der Waals surface area contributed by atoms with E-state index in [-0.39, 0.29) is 53.9 Å². The van der Waals surface area contributed by atoms with E-state index >= 15 is 0 Å². The molecule has 0 bridgehead atoms. The van der Waals surface area contributed by atoms with Crippen molar-refractivity contribution in [2.45, 2.75) is 40.0 Å². The second-order valence-corrected chi connectivity index (χ2v) is 7.26. The van der Waals surface area contributed by atoms with E-state index < -0.39 is 11.9 Å². The Balaban J connectivity index is 1.99. The van der Waals surface area contributed by atoms with Gasteiger partial charge in [0.1, 0.15) is 28.9 Å². The molecular formula is C25H28N2O7. The van der Waals surface area contributed by atoms with Gasteiger partial charge in [-0.25, -0.2) is 4.79 Å². The van der Waals surface area contributed by atoms with Gasteiger partial charge >= 0.3 is 11.9 Å². The van der Waals surface area contributed by atoms with Crippen molar-refractivity contribution in [2.75, 3.05) is 25.1 Å². The highest BCUT2D eigenvalue weighted by molar-refractivity contribution is 6.37. The van der Waals surface area contributed by atoms with Crippen molar-refractivity contribution in [3.05, 3.63) is 47.0 Å². The van der Waals surface area contributed by atoms with Crippen molar-refractivity contribution in [1.82, 2.24) is 0 Å². The Hall–Kier alpha value is -4.06. The molecule has 34 heavy (non-hydrogen) atoms. The van der Waals surface area contributed by atoms with Crippen molar-refractivity contribution in [3.8, 4) is 23.3 Å². The van der Waals surface area contributed by atoms with E-state index in [1.54, 1.807) is 25.1 Å². The van der Waals surface area contributed by atoms with E-state index in [2.05, 4.69) is 10.1 Å². The molecule has 0 spiro atoms. The monoisotopic (exact) mass is 468 g/mol. The van der Waals surface area contributed by atoms with Crippen LogP contribution in [0, 0.1) is 11.3 Å². The number of nitriles is 1. The summed E-state index contributed by atoms with van der Waals surface area (Å²) in [7, 11) is 0. The van der Waals surface area contributed by atoms with Crippen molar-refractivity contribution in [2.24, 2.45) is 0 Å². The van der Waals surface area contributed by atoms with Crippen LogP contribution >= 0.6 is 0 Å². The van der Waals surface area contributed by atoms with E-state index in [0.717, 1.165) is 6.42 Å². The minimum atomic E-state index is -1.04. The highest BCUT2D eigenvalue weighted by Gasteiger charge is 2.19. The second-order valence-electron chi connectivity index (χ2n) is 7.26. The number of aromatic hydroxyl groups is 1. The molecule has 0 saturated carbocycles. The zero-order valence-corrected chi connectivity index (χ0v) is 19.5. The maximum Gasteiger partial charge on any atom is 0.397 e. The maximum absolute atomic E-state index is 11.9. The van der Waals surface area contributed by atoms with E-state index in [0.29, 0.717) is 24.2 Å². The molecular weight excluding hydrogens is 440 g/mol. The lowest BCUT2D eigenvalue weighted by molar-refractivity contribution is -0.152. The highest BCUT2D eigenvalue weighted by atomic mass is 16.5. The fraction of sp³-hybridized carbons (Fsp3) is 0.360. The Kier molecular flexibility index (Phi) is 9.90. The van der Waals surface area contributed by atoms with Crippen molar-refractivity contribution < 1.29 is 33.7 Å². The number of hydrogen-bond acceptors (Lipinski definition) is 8. The van der Waals surface area contributed by atoms with E-state index in [1.165, 1.54) is 19.1 Å². The lowest BCUT2D eigenvalue weighted by atomic mass is 10.0. The van der Waals surface area contributed by atoms with Crippen LogP contribution in [0.5, 0.6) is 17.2 Å². The van der Waals surface area contributed by atoms with E-state index in [1.807, 2.05) is 13.0 Å². The van der Waals surface area contributed by atoms with E-state index in [4.69, 9.17) is 9.47 Å². The standard InChI is InChI=1S/C25H28N2O7/c1-4-8-18-22(12-11-17(16(3)28)23(18)29)34-14-7-13-33-21-10-6-9-20(19(21)15-26)27-24(30)25(31)32-5-2/h6,9-12,29H,4-5,7-8,13-14H2,1-3H3,(H,27,30). The highest BCUT2D eigenvalue weighted by Crippen LogP contribution is 2.33. The number of rotatable bonds is 11. The van der Waals surface area contributed by atoms with E-state index in [9.17, 15) is 24.8 Å². The molecule has 9 nitrogen and oxygen atoms in total. The molecule has 0 unspecified atom stereocenters. The molecule has 1 amide bonds. The summed E-state index contributed by atoms with van der Waals surface area (Å²) in [4.78, 5) is 35.1. The molecule has 0 aliphatic rings. The molecule has 9 heteroatoms. The molecule has 0 atom stereocenters. The topological polar surface area (TPSA) is 135 Å². The van der Waals surface area contributed by atoms with Crippen molar-refractivity contribution >= 4 is 23.3 Å². The summed E-state index contributed by atoms with van der Waals surface area (Å²) < 4.78 is 16.1. The number of Topliss-reactive ketones (excluding diaryl/α,β-unsaturated/α-hetero) is 1. The van der Waals surface area contributed by atoms with Gasteiger partial charge in [0.2, 0.25) is 0 Å². The third kappa shape index (κ3) is 6.72. The number of esters is 1. The first kappa shape index (κ1) is 26.2. The van der Waals surface area contributed by atoms with Gasteiger partial charge in [-0.3, -0.25) is 9.59 Å². The zero-order valence-electron chi connectivity index (χ0n) is 19.5. The molecule has 2 rings (SSSR count). The molecule has 0 aliphatic heterocycles.